The van der Waals surface area contributed by atoms with Crippen molar-refractivity contribution in [3.8, 4) is 0 Å². The lowest BCUT2D eigenvalue weighted by molar-refractivity contribution is -0.136. The first kappa shape index (κ1) is 9.76. The fourth-order valence-corrected chi connectivity index (χ4v) is 1.04. The zero-order valence-electron chi connectivity index (χ0n) is 6.84. The summed E-state index contributed by atoms with van der Waals surface area (Å²) in [6.07, 6.45) is -0.111. The van der Waals surface area contributed by atoms with Gasteiger partial charge in [0.05, 0.1) is 6.42 Å². The van der Waals surface area contributed by atoms with E-state index in [1.807, 2.05) is 0 Å². The molecule has 4 nitrogen and oxygen atoms in total. The molecule has 68 valence electrons. The van der Waals surface area contributed by atoms with Crippen LogP contribution in [0.1, 0.15) is 5.56 Å². The molecule has 0 unspecified atom stereocenters. The number of carbonyl (C=O) groups is 1. The van der Waals surface area contributed by atoms with Crippen LogP contribution in [-0.2, 0) is 11.2 Å². The van der Waals surface area contributed by atoms with E-state index in [1.165, 1.54) is 12.1 Å². The number of hydrogen-bond donors (Lipinski definition) is 3. The van der Waals surface area contributed by atoms with Gasteiger partial charge in [-0.2, -0.15) is 0 Å². The second-order valence-corrected chi connectivity index (χ2v) is 2.69. The molecule has 1 aromatic rings. The van der Waals surface area contributed by atoms with Crippen LogP contribution in [0.2, 0.25) is 0 Å². The molecule has 0 amide bonds. The number of rotatable bonds is 3. The van der Waals surface area contributed by atoms with Crippen molar-refractivity contribution < 1.29 is 19.9 Å². The van der Waals surface area contributed by atoms with Crippen molar-refractivity contribution in [3.63, 3.8) is 0 Å². The summed E-state index contributed by atoms with van der Waals surface area (Å²) in [4.78, 5) is 10.3. The van der Waals surface area contributed by atoms with Gasteiger partial charge in [-0.25, -0.2) is 0 Å². The summed E-state index contributed by atoms with van der Waals surface area (Å²) < 4.78 is 0. The number of aliphatic carboxylic acids is 1. The first-order chi connectivity index (χ1) is 6.09. The molecular weight excluding hydrogens is 171 g/mol. The smallest absolute Gasteiger partial charge is 0.481 e. The van der Waals surface area contributed by atoms with Crippen molar-refractivity contribution in [2.75, 3.05) is 0 Å². The average molecular weight is 180 g/mol. The van der Waals surface area contributed by atoms with Gasteiger partial charge < -0.3 is 15.2 Å². The standard InChI is InChI=1S/C8H9BO4/c10-8(11)5-6-2-1-3-7(4-6)9(12)13/h1-4,12-13H,5H2,(H,10,11). The Labute approximate surface area is 75.6 Å². The third kappa shape index (κ3) is 2.89. The zero-order valence-corrected chi connectivity index (χ0v) is 6.84. The molecule has 0 saturated carbocycles. The molecule has 0 heterocycles. The van der Waals surface area contributed by atoms with E-state index in [2.05, 4.69) is 0 Å². The maximum Gasteiger partial charge on any atom is 0.488 e. The second-order valence-electron chi connectivity index (χ2n) is 2.69. The molecule has 13 heavy (non-hydrogen) atoms. The number of benzene rings is 1. The molecule has 5 heteroatoms. The number of carboxylic acid groups (broad SMARTS) is 1. The first-order valence-electron chi connectivity index (χ1n) is 3.76. The van der Waals surface area contributed by atoms with Crippen LogP contribution in [0.4, 0.5) is 0 Å². The maximum absolute atomic E-state index is 10.3. The lowest BCUT2D eigenvalue weighted by Gasteiger charge is -2.01. The second kappa shape index (κ2) is 4.07. The van der Waals surface area contributed by atoms with Gasteiger partial charge in [-0.3, -0.25) is 4.79 Å². The molecule has 0 saturated heterocycles. The summed E-state index contributed by atoms with van der Waals surface area (Å²) in [7, 11) is -1.55. The minimum absolute atomic E-state index is 0.111. The molecule has 0 bridgehead atoms. The highest BCUT2D eigenvalue weighted by molar-refractivity contribution is 6.58. The van der Waals surface area contributed by atoms with E-state index in [0.29, 0.717) is 11.0 Å². The summed E-state index contributed by atoms with van der Waals surface area (Å²) in [5, 5.41) is 26.1. The molecule has 0 aliphatic carbocycles. The van der Waals surface area contributed by atoms with Gasteiger partial charge in [-0.05, 0) is 11.0 Å². The number of hydrogen-bond acceptors (Lipinski definition) is 3. The van der Waals surface area contributed by atoms with Gasteiger partial charge in [-0.1, -0.05) is 24.3 Å². The third-order valence-electron chi connectivity index (χ3n) is 1.60. The van der Waals surface area contributed by atoms with Crippen LogP contribution in [0.25, 0.3) is 0 Å². The molecule has 0 radical (unpaired) electrons. The van der Waals surface area contributed by atoms with Gasteiger partial charge in [0, 0.05) is 0 Å². The largest absolute Gasteiger partial charge is 0.488 e. The molecule has 0 aliphatic heterocycles. The topological polar surface area (TPSA) is 77.8 Å². The summed E-state index contributed by atoms with van der Waals surface area (Å²) in [6, 6.07) is 6.20. The molecule has 1 rings (SSSR count). The fraction of sp³-hybridized carbons (Fsp3) is 0.125. The lowest BCUT2D eigenvalue weighted by Crippen LogP contribution is -2.30. The van der Waals surface area contributed by atoms with E-state index >= 15 is 0 Å². The van der Waals surface area contributed by atoms with Crippen LogP contribution in [0, 0.1) is 0 Å². The van der Waals surface area contributed by atoms with E-state index in [4.69, 9.17) is 15.2 Å². The average Bonchev–Trinajstić information content (AvgIpc) is 2.03. The molecule has 0 aliphatic rings. The molecular formula is C8H9BO4. The van der Waals surface area contributed by atoms with Gasteiger partial charge in [0.1, 0.15) is 0 Å². The summed E-state index contributed by atoms with van der Waals surface area (Å²) in [6.45, 7) is 0. The minimum atomic E-state index is -1.55. The van der Waals surface area contributed by atoms with Crippen LogP contribution in [0.15, 0.2) is 24.3 Å². The summed E-state index contributed by atoms with van der Waals surface area (Å²) in [5.74, 6) is -0.940. The van der Waals surface area contributed by atoms with Gasteiger partial charge in [-0.15, -0.1) is 0 Å². The van der Waals surface area contributed by atoms with Gasteiger partial charge in [0.2, 0.25) is 0 Å². The maximum atomic E-state index is 10.3. The van der Waals surface area contributed by atoms with Crippen molar-refractivity contribution in [2.45, 2.75) is 6.42 Å². The van der Waals surface area contributed by atoms with E-state index in [0.717, 1.165) is 0 Å². The van der Waals surface area contributed by atoms with Crippen LogP contribution in [-0.4, -0.2) is 28.2 Å². The number of carboxylic acids is 1. The van der Waals surface area contributed by atoms with Crippen molar-refractivity contribution in [3.05, 3.63) is 29.8 Å². The monoisotopic (exact) mass is 180 g/mol. The molecule has 0 atom stereocenters. The van der Waals surface area contributed by atoms with Gasteiger partial charge in [0.15, 0.2) is 0 Å². The Hall–Kier alpha value is -1.33. The highest BCUT2D eigenvalue weighted by Gasteiger charge is 2.11. The highest BCUT2D eigenvalue weighted by atomic mass is 16.4. The minimum Gasteiger partial charge on any atom is -0.481 e. The van der Waals surface area contributed by atoms with E-state index in [-0.39, 0.29) is 6.42 Å². The molecule has 0 aromatic heterocycles. The molecule has 0 fully saturated rings. The van der Waals surface area contributed by atoms with Crippen LogP contribution >= 0.6 is 0 Å². The fourth-order valence-electron chi connectivity index (χ4n) is 1.04. The van der Waals surface area contributed by atoms with Crippen molar-refractivity contribution in [1.29, 1.82) is 0 Å². The van der Waals surface area contributed by atoms with E-state index in [9.17, 15) is 4.79 Å². The predicted molar refractivity (Wildman–Crippen MR) is 47.6 cm³/mol. The Kier molecular flexibility index (Phi) is 3.05. The molecule has 3 N–H and O–H groups in total. The Morgan fingerprint density at radius 3 is 2.62 bits per heavy atom. The van der Waals surface area contributed by atoms with Crippen molar-refractivity contribution >= 4 is 18.6 Å². The lowest BCUT2D eigenvalue weighted by atomic mass is 9.79. The normalized spacial score (nSPS) is 9.69. The van der Waals surface area contributed by atoms with Crippen LogP contribution < -0.4 is 5.46 Å². The molecule has 1 aromatic carbocycles. The van der Waals surface area contributed by atoms with E-state index < -0.39 is 13.1 Å². The Morgan fingerprint density at radius 1 is 1.38 bits per heavy atom. The van der Waals surface area contributed by atoms with Gasteiger partial charge in [0.25, 0.3) is 0 Å². The van der Waals surface area contributed by atoms with Crippen LogP contribution in [0.3, 0.4) is 0 Å². The van der Waals surface area contributed by atoms with Crippen LogP contribution in [0.5, 0.6) is 0 Å². The summed E-state index contributed by atoms with van der Waals surface area (Å²) >= 11 is 0. The quantitative estimate of drug-likeness (QED) is 0.521. The van der Waals surface area contributed by atoms with Crippen molar-refractivity contribution in [2.24, 2.45) is 0 Å². The predicted octanol–water partition coefficient (Wildman–Crippen LogP) is -1.01. The first-order valence-corrected chi connectivity index (χ1v) is 3.76. The molecule has 0 spiro atoms. The third-order valence-corrected chi connectivity index (χ3v) is 1.60. The van der Waals surface area contributed by atoms with Gasteiger partial charge >= 0.3 is 13.1 Å². The zero-order chi connectivity index (χ0) is 9.84. The van der Waals surface area contributed by atoms with E-state index in [1.54, 1.807) is 12.1 Å². The summed E-state index contributed by atoms with van der Waals surface area (Å²) in [5.41, 5.74) is 0.858. The Bertz CT molecular complexity index is 311. The van der Waals surface area contributed by atoms with Crippen molar-refractivity contribution in [1.82, 2.24) is 0 Å². The Morgan fingerprint density at radius 2 is 2.08 bits per heavy atom. The highest BCUT2D eigenvalue weighted by Crippen LogP contribution is 1.98. The SMILES string of the molecule is O=C(O)Cc1cccc(B(O)O)c1. The Balaban J connectivity index is 2.85.